The molecule has 2 aliphatic heterocycles. The number of nitrogens with zero attached hydrogens (tertiary/aromatic N) is 3. The molecule has 1 atom stereocenters. The highest BCUT2D eigenvalue weighted by Gasteiger charge is 2.46. The van der Waals surface area contributed by atoms with Crippen LogP contribution >= 0.6 is 0 Å². The van der Waals surface area contributed by atoms with Crippen molar-refractivity contribution in [2.75, 3.05) is 26.3 Å². The lowest BCUT2D eigenvalue weighted by atomic mass is 9.95. The summed E-state index contributed by atoms with van der Waals surface area (Å²) < 4.78 is 17.0. The van der Waals surface area contributed by atoms with Crippen molar-refractivity contribution in [1.29, 1.82) is 0 Å². The average Bonchev–Trinajstić information content (AvgIpc) is 2.97. The van der Waals surface area contributed by atoms with E-state index in [2.05, 4.69) is 28.9 Å². The van der Waals surface area contributed by atoms with Crippen LogP contribution in [0.3, 0.4) is 0 Å². The highest BCUT2D eigenvalue weighted by atomic mass is 16.6. The molecule has 1 aromatic heterocycles. The highest BCUT2D eigenvalue weighted by Crippen LogP contribution is 2.34. The van der Waals surface area contributed by atoms with E-state index in [9.17, 15) is 0 Å². The standard InChI is InChI=1S/C14H23N3O3/c1-4-12-15-11(16-19-12)7-17-8-13(2,3)20-14(9-17)5-6-18-10-14/h4-10H2,1-3H3. The van der Waals surface area contributed by atoms with Crippen molar-refractivity contribution in [3.63, 3.8) is 0 Å². The zero-order valence-electron chi connectivity index (χ0n) is 12.5. The first kappa shape index (κ1) is 14.0. The van der Waals surface area contributed by atoms with E-state index in [0.717, 1.165) is 38.4 Å². The average molecular weight is 281 g/mol. The van der Waals surface area contributed by atoms with Gasteiger partial charge in [0.15, 0.2) is 5.82 Å². The number of hydrogen-bond acceptors (Lipinski definition) is 6. The maximum absolute atomic E-state index is 6.29. The molecule has 0 aromatic carbocycles. The Morgan fingerprint density at radius 1 is 1.30 bits per heavy atom. The summed E-state index contributed by atoms with van der Waals surface area (Å²) in [5.74, 6) is 1.46. The molecule has 3 rings (SSSR count). The first-order valence-corrected chi connectivity index (χ1v) is 7.32. The van der Waals surface area contributed by atoms with Crippen molar-refractivity contribution in [2.45, 2.75) is 51.4 Å². The van der Waals surface area contributed by atoms with Crippen LogP contribution in [0, 0.1) is 0 Å². The van der Waals surface area contributed by atoms with Gasteiger partial charge in [0.05, 0.1) is 18.8 Å². The van der Waals surface area contributed by atoms with Gasteiger partial charge in [0.25, 0.3) is 0 Å². The summed E-state index contributed by atoms with van der Waals surface area (Å²) >= 11 is 0. The van der Waals surface area contributed by atoms with Crippen molar-refractivity contribution in [1.82, 2.24) is 15.0 Å². The fourth-order valence-electron chi connectivity index (χ4n) is 3.26. The van der Waals surface area contributed by atoms with Crippen molar-refractivity contribution >= 4 is 0 Å². The molecule has 1 spiro atoms. The van der Waals surface area contributed by atoms with Gasteiger partial charge in [-0.25, -0.2) is 0 Å². The van der Waals surface area contributed by atoms with Crippen LogP contribution < -0.4 is 0 Å². The molecular weight excluding hydrogens is 258 g/mol. The third-order valence-electron chi connectivity index (χ3n) is 3.85. The molecule has 1 unspecified atom stereocenters. The topological polar surface area (TPSA) is 60.6 Å². The predicted octanol–water partition coefficient (Wildman–Crippen LogP) is 1.40. The second kappa shape index (κ2) is 5.09. The summed E-state index contributed by atoms with van der Waals surface area (Å²) in [6.45, 7) is 10.2. The number of aryl methyl sites for hydroxylation is 1. The Labute approximate surface area is 119 Å². The monoisotopic (exact) mass is 281 g/mol. The lowest BCUT2D eigenvalue weighted by molar-refractivity contribution is -0.197. The van der Waals surface area contributed by atoms with Gasteiger partial charge in [-0.2, -0.15) is 4.98 Å². The maximum atomic E-state index is 6.29. The van der Waals surface area contributed by atoms with Gasteiger partial charge in [0.2, 0.25) is 5.89 Å². The summed E-state index contributed by atoms with van der Waals surface area (Å²) in [5.41, 5.74) is -0.345. The van der Waals surface area contributed by atoms with Crippen LogP contribution in [0.2, 0.25) is 0 Å². The molecule has 0 radical (unpaired) electrons. The van der Waals surface area contributed by atoms with Gasteiger partial charge in [-0.3, -0.25) is 4.90 Å². The summed E-state index contributed by atoms with van der Waals surface area (Å²) in [6, 6.07) is 0. The molecule has 3 heterocycles. The fraction of sp³-hybridized carbons (Fsp3) is 0.857. The third kappa shape index (κ3) is 2.87. The highest BCUT2D eigenvalue weighted by molar-refractivity contribution is 4.98. The molecule has 0 amide bonds. The molecule has 0 N–H and O–H groups in total. The van der Waals surface area contributed by atoms with E-state index in [0.29, 0.717) is 19.0 Å². The zero-order valence-corrected chi connectivity index (χ0v) is 12.5. The lowest BCUT2D eigenvalue weighted by Gasteiger charge is -2.47. The van der Waals surface area contributed by atoms with E-state index >= 15 is 0 Å². The fourth-order valence-corrected chi connectivity index (χ4v) is 3.26. The number of aromatic nitrogens is 2. The smallest absolute Gasteiger partial charge is 0.226 e. The molecule has 112 valence electrons. The zero-order chi connectivity index (χ0) is 14.2. The van der Waals surface area contributed by atoms with E-state index in [4.69, 9.17) is 14.0 Å². The van der Waals surface area contributed by atoms with Gasteiger partial charge in [-0.15, -0.1) is 0 Å². The minimum absolute atomic E-state index is 0.168. The number of morpholine rings is 1. The van der Waals surface area contributed by atoms with E-state index in [1.807, 2.05) is 6.92 Å². The van der Waals surface area contributed by atoms with Gasteiger partial charge in [-0.05, 0) is 13.8 Å². The van der Waals surface area contributed by atoms with Crippen LogP contribution in [0.1, 0.15) is 38.9 Å². The predicted molar refractivity (Wildman–Crippen MR) is 72.3 cm³/mol. The molecule has 2 aliphatic rings. The van der Waals surface area contributed by atoms with Crippen LogP contribution in [0.25, 0.3) is 0 Å². The molecule has 2 saturated heterocycles. The summed E-state index contributed by atoms with van der Waals surface area (Å²) in [4.78, 5) is 6.74. The van der Waals surface area contributed by atoms with E-state index in [-0.39, 0.29) is 11.2 Å². The summed E-state index contributed by atoms with van der Waals surface area (Å²) in [5, 5.41) is 4.04. The molecule has 0 aliphatic carbocycles. The Morgan fingerprint density at radius 3 is 2.80 bits per heavy atom. The number of hydrogen-bond donors (Lipinski definition) is 0. The Balaban J connectivity index is 1.72. The van der Waals surface area contributed by atoms with Crippen LogP contribution in [-0.2, 0) is 22.4 Å². The van der Waals surface area contributed by atoms with Gasteiger partial charge in [0.1, 0.15) is 5.60 Å². The van der Waals surface area contributed by atoms with E-state index in [1.54, 1.807) is 0 Å². The molecule has 6 nitrogen and oxygen atoms in total. The van der Waals surface area contributed by atoms with Crippen LogP contribution in [-0.4, -0.2) is 52.5 Å². The Morgan fingerprint density at radius 2 is 2.15 bits per heavy atom. The summed E-state index contributed by atoms with van der Waals surface area (Å²) in [7, 11) is 0. The molecule has 2 fully saturated rings. The molecule has 20 heavy (non-hydrogen) atoms. The van der Waals surface area contributed by atoms with Crippen LogP contribution in [0.5, 0.6) is 0 Å². The number of rotatable bonds is 3. The maximum Gasteiger partial charge on any atom is 0.226 e. The largest absolute Gasteiger partial charge is 0.378 e. The molecular formula is C14H23N3O3. The third-order valence-corrected chi connectivity index (χ3v) is 3.85. The molecule has 0 saturated carbocycles. The van der Waals surface area contributed by atoms with Crippen LogP contribution in [0.15, 0.2) is 4.52 Å². The lowest BCUT2D eigenvalue weighted by Crippen LogP contribution is -2.59. The van der Waals surface area contributed by atoms with E-state index < -0.39 is 0 Å². The van der Waals surface area contributed by atoms with Gasteiger partial charge >= 0.3 is 0 Å². The first-order valence-electron chi connectivity index (χ1n) is 7.32. The van der Waals surface area contributed by atoms with Crippen molar-refractivity contribution < 1.29 is 14.0 Å². The minimum atomic E-state index is -0.177. The van der Waals surface area contributed by atoms with Crippen LogP contribution in [0.4, 0.5) is 0 Å². The Kier molecular flexibility index (Phi) is 3.56. The first-order chi connectivity index (χ1) is 9.50. The van der Waals surface area contributed by atoms with Gasteiger partial charge in [0, 0.05) is 32.5 Å². The molecule has 0 bridgehead atoms. The van der Waals surface area contributed by atoms with Crippen molar-refractivity contribution in [3.05, 3.63) is 11.7 Å². The Hall–Kier alpha value is -0.980. The molecule has 6 heteroatoms. The second-order valence-electron chi connectivity index (χ2n) is 6.45. The normalized spacial score (nSPS) is 30.1. The van der Waals surface area contributed by atoms with Gasteiger partial charge in [-0.1, -0.05) is 12.1 Å². The van der Waals surface area contributed by atoms with Crippen molar-refractivity contribution in [2.24, 2.45) is 0 Å². The quantitative estimate of drug-likeness (QED) is 0.834. The van der Waals surface area contributed by atoms with Gasteiger partial charge < -0.3 is 14.0 Å². The van der Waals surface area contributed by atoms with E-state index in [1.165, 1.54) is 0 Å². The SMILES string of the molecule is CCc1nc(CN2CC(C)(C)OC3(CCOC3)C2)no1. The summed E-state index contributed by atoms with van der Waals surface area (Å²) in [6.07, 6.45) is 1.73. The van der Waals surface area contributed by atoms with Crippen molar-refractivity contribution in [3.8, 4) is 0 Å². The molecule has 1 aromatic rings. The minimum Gasteiger partial charge on any atom is -0.378 e. The second-order valence-corrected chi connectivity index (χ2v) is 6.45. The number of ether oxygens (including phenoxy) is 2. The Bertz CT molecular complexity index is 466.